The maximum atomic E-state index is 11.5. The number of carboxylic acids is 1. The summed E-state index contributed by atoms with van der Waals surface area (Å²) in [6.45, 7) is 3.97. The van der Waals surface area contributed by atoms with Gasteiger partial charge in [-0.15, -0.1) is 0 Å². The van der Waals surface area contributed by atoms with Crippen LogP contribution in [0.2, 0.25) is 0 Å². The number of aliphatic carboxylic acids is 1. The van der Waals surface area contributed by atoms with Crippen molar-refractivity contribution in [3.63, 3.8) is 0 Å². The lowest BCUT2D eigenvalue weighted by Crippen LogP contribution is -2.43. The third-order valence-electron chi connectivity index (χ3n) is 3.13. The van der Waals surface area contributed by atoms with Gasteiger partial charge in [-0.05, 0) is 30.0 Å². The van der Waals surface area contributed by atoms with E-state index in [1.807, 2.05) is 17.6 Å². The van der Waals surface area contributed by atoms with E-state index in [-0.39, 0.29) is 6.61 Å². The summed E-state index contributed by atoms with van der Waals surface area (Å²) in [5, 5.41) is 8.35. The van der Waals surface area contributed by atoms with Crippen molar-refractivity contribution in [2.24, 2.45) is 0 Å². The van der Waals surface area contributed by atoms with Gasteiger partial charge in [0.2, 0.25) is 0 Å². The molecule has 0 aliphatic rings. The van der Waals surface area contributed by atoms with Gasteiger partial charge in [0.1, 0.15) is 5.75 Å². The molecular formula is C16H20N2O5. The Bertz CT molecular complexity index is 581. The fraction of sp³-hybridized carbons (Fsp3) is 0.312. The fourth-order valence-corrected chi connectivity index (χ4v) is 1.63. The molecule has 0 fully saturated rings. The molecule has 0 radical (unpaired) electrons. The van der Waals surface area contributed by atoms with Gasteiger partial charge < -0.3 is 9.84 Å². The van der Waals surface area contributed by atoms with Crippen LogP contribution in [-0.4, -0.2) is 29.5 Å². The highest BCUT2D eigenvalue weighted by atomic mass is 16.5. The molecule has 0 spiro atoms. The molecule has 23 heavy (non-hydrogen) atoms. The number of hydrazine groups is 1. The topological polar surface area (TPSA) is 105 Å². The number of rotatable bonds is 7. The smallest absolute Gasteiger partial charge is 0.328 e. The van der Waals surface area contributed by atoms with Crippen LogP contribution in [0.15, 0.2) is 36.4 Å². The number of carbonyl (C=O) groups excluding carboxylic acids is 2. The molecule has 1 aromatic carbocycles. The molecule has 7 nitrogen and oxygen atoms in total. The van der Waals surface area contributed by atoms with Crippen molar-refractivity contribution < 1.29 is 24.2 Å². The minimum Gasteiger partial charge on any atom is -0.484 e. The molecule has 1 atom stereocenters. The van der Waals surface area contributed by atoms with E-state index in [9.17, 15) is 14.4 Å². The fourth-order valence-electron chi connectivity index (χ4n) is 1.63. The maximum absolute atomic E-state index is 11.5. The number of nitrogens with one attached hydrogen (secondary N) is 2. The lowest BCUT2D eigenvalue weighted by molar-refractivity contribution is -0.131. The summed E-state index contributed by atoms with van der Waals surface area (Å²) >= 11 is 0. The summed E-state index contributed by atoms with van der Waals surface area (Å²) in [4.78, 5) is 32.8. The summed E-state index contributed by atoms with van der Waals surface area (Å²) in [5.74, 6) is -1.56. The van der Waals surface area contributed by atoms with Crippen molar-refractivity contribution in [1.29, 1.82) is 0 Å². The van der Waals surface area contributed by atoms with Gasteiger partial charge in [0.25, 0.3) is 11.8 Å². The van der Waals surface area contributed by atoms with Crippen molar-refractivity contribution in [1.82, 2.24) is 10.9 Å². The van der Waals surface area contributed by atoms with Gasteiger partial charge in [-0.2, -0.15) is 0 Å². The second kappa shape index (κ2) is 9.24. The van der Waals surface area contributed by atoms with E-state index in [2.05, 4.69) is 19.3 Å². The Kier molecular flexibility index (Phi) is 7.32. The van der Waals surface area contributed by atoms with Crippen LogP contribution in [0.25, 0.3) is 0 Å². The average Bonchev–Trinajstić information content (AvgIpc) is 2.55. The van der Waals surface area contributed by atoms with Crippen LogP contribution >= 0.6 is 0 Å². The Morgan fingerprint density at radius 3 is 2.39 bits per heavy atom. The van der Waals surface area contributed by atoms with Crippen molar-refractivity contribution in [2.45, 2.75) is 26.2 Å². The predicted octanol–water partition coefficient (Wildman–Crippen LogP) is 1.37. The van der Waals surface area contributed by atoms with Crippen molar-refractivity contribution in [3.8, 4) is 5.75 Å². The third-order valence-corrected chi connectivity index (χ3v) is 3.13. The van der Waals surface area contributed by atoms with E-state index in [4.69, 9.17) is 9.84 Å². The van der Waals surface area contributed by atoms with E-state index in [0.717, 1.165) is 12.5 Å². The molecule has 0 aliphatic carbocycles. The Hall–Kier alpha value is -2.83. The summed E-state index contributed by atoms with van der Waals surface area (Å²) in [6.07, 6.45) is 2.49. The van der Waals surface area contributed by atoms with Crippen molar-refractivity contribution in [2.75, 3.05) is 6.61 Å². The maximum Gasteiger partial charge on any atom is 0.328 e. The number of benzene rings is 1. The molecule has 3 N–H and O–H groups in total. The molecule has 124 valence electrons. The monoisotopic (exact) mass is 320 g/mol. The molecule has 7 heteroatoms. The zero-order valence-corrected chi connectivity index (χ0v) is 13.0. The van der Waals surface area contributed by atoms with Gasteiger partial charge in [-0.1, -0.05) is 26.0 Å². The zero-order valence-electron chi connectivity index (χ0n) is 13.0. The van der Waals surface area contributed by atoms with Gasteiger partial charge >= 0.3 is 5.97 Å². The minimum absolute atomic E-state index is 0.272. The SMILES string of the molecule is CCC(C)c1ccc(OCC(=O)NNC(=O)/C=C/C(=O)O)cc1. The van der Waals surface area contributed by atoms with E-state index < -0.39 is 17.8 Å². The van der Waals surface area contributed by atoms with E-state index >= 15 is 0 Å². The zero-order chi connectivity index (χ0) is 17.2. The first-order chi connectivity index (χ1) is 10.9. The summed E-state index contributed by atoms with van der Waals surface area (Å²) in [7, 11) is 0. The molecule has 1 unspecified atom stereocenters. The number of hydrogen-bond donors (Lipinski definition) is 3. The lowest BCUT2D eigenvalue weighted by atomic mass is 9.99. The first-order valence-electron chi connectivity index (χ1n) is 7.15. The van der Waals surface area contributed by atoms with Crippen LogP contribution in [0, 0.1) is 0 Å². The second-order valence-corrected chi connectivity index (χ2v) is 4.88. The standard InChI is InChI=1S/C16H20N2O5/c1-3-11(2)12-4-6-13(7-5-12)23-10-15(20)18-17-14(19)8-9-16(21)22/h4-9,11H,3,10H2,1-2H3,(H,17,19)(H,18,20)(H,21,22)/b9-8+. The Morgan fingerprint density at radius 1 is 1.17 bits per heavy atom. The summed E-state index contributed by atoms with van der Waals surface area (Å²) in [5.41, 5.74) is 5.34. The van der Waals surface area contributed by atoms with Gasteiger partial charge in [-0.3, -0.25) is 20.4 Å². The van der Waals surface area contributed by atoms with Crippen LogP contribution in [0.5, 0.6) is 5.75 Å². The highest BCUT2D eigenvalue weighted by Gasteiger charge is 2.06. The Labute approximate surface area is 134 Å². The number of carbonyl (C=O) groups is 3. The molecule has 2 amide bonds. The van der Waals surface area contributed by atoms with Crippen LogP contribution in [0.1, 0.15) is 31.7 Å². The average molecular weight is 320 g/mol. The summed E-state index contributed by atoms with van der Waals surface area (Å²) in [6, 6.07) is 7.45. The normalized spacial score (nSPS) is 11.7. The van der Waals surface area contributed by atoms with Crippen molar-refractivity contribution in [3.05, 3.63) is 42.0 Å². The molecule has 0 saturated heterocycles. The number of carboxylic acid groups (broad SMARTS) is 1. The highest BCUT2D eigenvalue weighted by molar-refractivity contribution is 5.94. The molecule has 0 aromatic heterocycles. The Balaban J connectivity index is 2.36. The van der Waals surface area contributed by atoms with E-state index in [1.54, 1.807) is 12.1 Å². The number of amides is 2. The molecule has 0 saturated carbocycles. The first kappa shape index (κ1) is 18.2. The number of ether oxygens (including phenoxy) is 1. The minimum atomic E-state index is -1.25. The van der Waals surface area contributed by atoms with Gasteiger partial charge in [-0.25, -0.2) is 4.79 Å². The lowest BCUT2D eigenvalue weighted by Gasteiger charge is -2.11. The van der Waals surface area contributed by atoms with Gasteiger partial charge in [0.15, 0.2) is 6.61 Å². The quantitative estimate of drug-likeness (QED) is 0.520. The molecule has 0 heterocycles. The predicted molar refractivity (Wildman–Crippen MR) is 83.7 cm³/mol. The first-order valence-corrected chi connectivity index (χ1v) is 7.15. The molecule has 1 aromatic rings. The molecule has 1 rings (SSSR count). The van der Waals surface area contributed by atoms with Crippen LogP contribution in [-0.2, 0) is 14.4 Å². The third kappa shape index (κ3) is 7.12. The van der Waals surface area contributed by atoms with Crippen LogP contribution in [0.3, 0.4) is 0 Å². The number of hydrogen-bond acceptors (Lipinski definition) is 4. The largest absolute Gasteiger partial charge is 0.484 e. The molecule has 0 aliphatic heterocycles. The van der Waals surface area contributed by atoms with E-state index in [0.29, 0.717) is 17.7 Å². The Morgan fingerprint density at radius 2 is 1.83 bits per heavy atom. The highest BCUT2D eigenvalue weighted by Crippen LogP contribution is 2.21. The second-order valence-electron chi connectivity index (χ2n) is 4.88. The van der Waals surface area contributed by atoms with Gasteiger partial charge in [0, 0.05) is 12.2 Å². The van der Waals surface area contributed by atoms with Gasteiger partial charge in [0.05, 0.1) is 0 Å². The van der Waals surface area contributed by atoms with E-state index in [1.165, 1.54) is 5.56 Å². The molecular weight excluding hydrogens is 300 g/mol. The van der Waals surface area contributed by atoms with Crippen LogP contribution < -0.4 is 15.6 Å². The summed E-state index contributed by atoms with van der Waals surface area (Å²) < 4.78 is 5.29. The van der Waals surface area contributed by atoms with Crippen LogP contribution in [0.4, 0.5) is 0 Å². The van der Waals surface area contributed by atoms with Crippen molar-refractivity contribution >= 4 is 17.8 Å². The molecule has 0 bridgehead atoms.